The zero-order valence-electron chi connectivity index (χ0n) is 15.6. The van der Waals surface area contributed by atoms with Gasteiger partial charge in [-0.15, -0.1) is 0 Å². The SMILES string of the molecule is CC(OCC(O)CN1CCN(c2ccc(O)cc2)CC1)c1ccc(Cl)cc1. The molecule has 2 aromatic carbocycles. The molecule has 2 atom stereocenters. The van der Waals surface area contributed by atoms with E-state index in [2.05, 4.69) is 9.80 Å². The molecule has 5 nitrogen and oxygen atoms in total. The van der Waals surface area contributed by atoms with Crippen LogP contribution in [-0.4, -0.2) is 60.5 Å². The number of hydrogen-bond acceptors (Lipinski definition) is 5. The van der Waals surface area contributed by atoms with E-state index in [1.54, 1.807) is 12.1 Å². The molecule has 0 spiro atoms. The number of phenols is 1. The molecule has 0 bridgehead atoms. The largest absolute Gasteiger partial charge is 0.508 e. The normalized spacial score (nSPS) is 17.7. The Morgan fingerprint density at radius 1 is 1.00 bits per heavy atom. The molecule has 2 aromatic rings. The van der Waals surface area contributed by atoms with Crippen LogP contribution in [-0.2, 0) is 4.74 Å². The molecule has 27 heavy (non-hydrogen) atoms. The molecule has 146 valence electrons. The van der Waals surface area contributed by atoms with Gasteiger partial charge in [0, 0.05) is 43.4 Å². The van der Waals surface area contributed by atoms with Crippen LogP contribution in [0.3, 0.4) is 0 Å². The fourth-order valence-corrected chi connectivity index (χ4v) is 3.41. The summed E-state index contributed by atoms with van der Waals surface area (Å²) in [7, 11) is 0. The van der Waals surface area contributed by atoms with Gasteiger partial charge in [0.15, 0.2) is 0 Å². The zero-order valence-corrected chi connectivity index (χ0v) is 16.3. The predicted octanol–water partition coefficient (Wildman–Crippen LogP) is 3.31. The minimum Gasteiger partial charge on any atom is -0.508 e. The van der Waals surface area contributed by atoms with Crippen LogP contribution in [0.25, 0.3) is 0 Å². The topological polar surface area (TPSA) is 56.2 Å². The number of aliphatic hydroxyl groups is 1. The summed E-state index contributed by atoms with van der Waals surface area (Å²) in [5.74, 6) is 0.285. The molecule has 1 aliphatic rings. The van der Waals surface area contributed by atoms with E-state index in [0.717, 1.165) is 37.4 Å². The Morgan fingerprint density at radius 2 is 1.63 bits per heavy atom. The highest BCUT2D eigenvalue weighted by Crippen LogP contribution is 2.21. The van der Waals surface area contributed by atoms with Crippen LogP contribution in [0.15, 0.2) is 48.5 Å². The van der Waals surface area contributed by atoms with Crippen molar-refractivity contribution in [3.05, 3.63) is 59.1 Å². The Morgan fingerprint density at radius 3 is 2.26 bits per heavy atom. The van der Waals surface area contributed by atoms with Crippen LogP contribution in [0.5, 0.6) is 5.75 Å². The fourth-order valence-electron chi connectivity index (χ4n) is 3.29. The Kier molecular flexibility index (Phi) is 6.96. The molecule has 1 aliphatic heterocycles. The number of halogens is 1. The first-order valence-electron chi connectivity index (χ1n) is 9.33. The second-order valence-electron chi connectivity index (χ2n) is 6.98. The van der Waals surface area contributed by atoms with Crippen LogP contribution >= 0.6 is 11.6 Å². The van der Waals surface area contributed by atoms with Gasteiger partial charge in [-0.1, -0.05) is 23.7 Å². The van der Waals surface area contributed by atoms with E-state index in [0.29, 0.717) is 18.2 Å². The van der Waals surface area contributed by atoms with E-state index in [9.17, 15) is 10.2 Å². The number of aliphatic hydroxyl groups excluding tert-OH is 1. The third-order valence-corrected chi connectivity index (χ3v) is 5.19. The Balaban J connectivity index is 1.39. The maximum atomic E-state index is 10.3. The van der Waals surface area contributed by atoms with E-state index < -0.39 is 6.10 Å². The summed E-state index contributed by atoms with van der Waals surface area (Å²) in [5.41, 5.74) is 2.17. The van der Waals surface area contributed by atoms with Gasteiger partial charge in [0.1, 0.15) is 5.75 Å². The minimum absolute atomic E-state index is 0.0803. The van der Waals surface area contributed by atoms with Crippen molar-refractivity contribution in [2.45, 2.75) is 19.1 Å². The first-order chi connectivity index (χ1) is 13.0. The highest BCUT2D eigenvalue weighted by Gasteiger charge is 2.20. The van der Waals surface area contributed by atoms with E-state index >= 15 is 0 Å². The van der Waals surface area contributed by atoms with Gasteiger partial charge in [0.05, 0.1) is 18.8 Å². The summed E-state index contributed by atoms with van der Waals surface area (Å²) in [6, 6.07) is 14.9. The van der Waals surface area contributed by atoms with Crippen molar-refractivity contribution in [1.29, 1.82) is 0 Å². The number of anilines is 1. The lowest BCUT2D eigenvalue weighted by Crippen LogP contribution is -2.49. The molecule has 1 saturated heterocycles. The molecule has 0 amide bonds. The standard InChI is InChI=1S/C21H27ClN2O3/c1-16(17-2-4-18(22)5-3-17)27-15-21(26)14-23-10-12-24(13-11-23)19-6-8-20(25)9-7-19/h2-9,16,21,25-26H,10-15H2,1H3. The number of nitrogens with zero attached hydrogens (tertiary/aromatic N) is 2. The lowest BCUT2D eigenvalue weighted by Gasteiger charge is -2.37. The average Bonchev–Trinajstić information content (AvgIpc) is 2.68. The number of β-amino-alcohol motifs (C(OH)–C–C–N with tert-alkyl or cyclic N) is 1. The van der Waals surface area contributed by atoms with Gasteiger partial charge < -0.3 is 19.8 Å². The molecular weight excluding hydrogens is 364 g/mol. The van der Waals surface area contributed by atoms with Crippen molar-refractivity contribution in [2.24, 2.45) is 0 Å². The summed E-state index contributed by atoms with van der Waals surface area (Å²) in [4.78, 5) is 4.55. The maximum absolute atomic E-state index is 10.3. The monoisotopic (exact) mass is 390 g/mol. The van der Waals surface area contributed by atoms with Gasteiger partial charge in [0.2, 0.25) is 0 Å². The second-order valence-corrected chi connectivity index (χ2v) is 7.42. The molecule has 2 N–H and O–H groups in total. The summed E-state index contributed by atoms with van der Waals surface area (Å²) >= 11 is 5.91. The predicted molar refractivity (Wildman–Crippen MR) is 109 cm³/mol. The Hall–Kier alpha value is -1.79. The third kappa shape index (κ3) is 5.84. The highest BCUT2D eigenvalue weighted by atomic mass is 35.5. The summed E-state index contributed by atoms with van der Waals surface area (Å²) < 4.78 is 5.82. The summed E-state index contributed by atoms with van der Waals surface area (Å²) in [5, 5.41) is 20.4. The molecular formula is C21H27ClN2O3. The van der Waals surface area contributed by atoms with Gasteiger partial charge in [0.25, 0.3) is 0 Å². The molecule has 1 fully saturated rings. The lowest BCUT2D eigenvalue weighted by atomic mass is 10.1. The van der Waals surface area contributed by atoms with E-state index in [4.69, 9.17) is 16.3 Å². The van der Waals surface area contributed by atoms with E-state index in [-0.39, 0.29) is 11.9 Å². The van der Waals surface area contributed by atoms with Gasteiger partial charge >= 0.3 is 0 Å². The molecule has 0 aromatic heterocycles. The molecule has 0 radical (unpaired) electrons. The smallest absolute Gasteiger partial charge is 0.115 e. The maximum Gasteiger partial charge on any atom is 0.115 e. The quantitative estimate of drug-likeness (QED) is 0.759. The fraction of sp³-hybridized carbons (Fsp3) is 0.429. The van der Waals surface area contributed by atoms with Crippen LogP contribution < -0.4 is 4.90 Å². The van der Waals surface area contributed by atoms with Crippen molar-refractivity contribution in [3.8, 4) is 5.75 Å². The van der Waals surface area contributed by atoms with Gasteiger partial charge in [-0.3, -0.25) is 4.90 Å². The van der Waals surface area contributed by atoms with E-state index in [1.807, 2.05) is 43.3 Å². The second kappa shape index (κ2) is 9.42. The van der Waals surface area contributed by atoms with Crippen molar-refractivity contribution < 1.29 is 14.9 Å². The Labute approximate surface area is 165 Å². The molecule has 2 unspecified atom stereocenters. The summed E-state index contributed by atoms with van der Waals surface area (Å²) in [6.45, 7) is 6.49. The number of ether oxygens (including phenoxy) is 1. The zero-order chi connectivity index (χ0) is 19.2. The van der Waals surface area contributed by atoms with E-state index in [1.165, 1.54) is 0 Å². The number of rotatable bonds is 7. The van der Waals surface area contributed by atoms with Crippen LogP contribution in [0.1, 0.15) is 18.6 Å². The number of aromatic hydroxyl groups is 1. The van der Waals surface area contributed by atoms with Gasteiger partial charge in [-0.2, -0.15) is 0 Å². The first kappa shape index (κ1) is 20.0. The number of piperazine rings is 1. The molecule has 0 aliphatic carbocycles. The number of hydrogen-bond donors (Lipinski definition) is 2. The molecule has 0 saturated carbocycles. The van der Waals surface area contributed by atoms with Crippen molar-refractivity contribution in [3.63, 3.8) is 0 Å². The van der Waals surface area contributed by atoms with Crippen molar-refractivity contribution >= 4 is 17.3 Å². The van der Waals surface area contributed by atoms with Crippen molar-refractivity contribution in [1.82, 2.24) is 4.90 Å². The molecule has 1 heterocycles. The first-order valence-corrected chi connectivity index (χ1v) is 9.70. The van der Waals surface area contributed by atoms with Crippen molar-refractivity contribution in [2.75, 3.05) is 44.2 Å². The number of benzene rings is 2. The minimum atomic E-state index is -0.514. The molecule has 6 heteroatoms. The van der Waals surface area contributed by atoms with Gasteiger partial charge in [-0.25, -0.2) is 0 Å². The number of phenolic OH excluding ortho intramolecular Hbond substituents is 1. The average molecular weight is 391 g/mol. The highest BCUT2D eigenvalue weighted by molar-refractivity contribution is 6.30. The van der Waals surface area contributed by atoms with Crippen LogP contribution in [0, 0.1) is 0 Å². The third-order valence-electron chi connectivity index (χ3n) is 4.93. The molecule has 3 rings (SSSR count). The van der Waals surface area contributed by atoms with Crippen LogP contribution in [0.2, 0.25) is 5.02 Å². The van der Waals surface area contributed by atoms with Gasteiger partial charge in [-0.05, 0) is 48.9 Å². The summed E-state index contributed by atoms with van der Waals surface area (Å²) in [6.07, 6.45) is -0.594. The lowest BCUT2D eigenvalue weighted by molar-refractivity contribution is -0.0162. The van der Waals surface area contributed by atoms with Crippen LogP contribution in [0.4, 0.5) is 5.69 Å². The Bertz CT molecular complexity index is 700.